The van der Waals surface area contributed by atoms with Crippen LogP contribution in [0.3, 0.4) is 0 Å². The fourth-order valence-corrected chi connectivity index (χ4v) is 1.45. The second-order valence-electron chi connectivity index (χ2n) is 3.37. The summed E-state index contributed by atoms with van der Waals surface area (Å²) in [5, 5.41) is 8.53. The number of rotatable bonds is 2. The van der Waals surface area contributed by atoms with Crippen LogP contribution in [0.1, 0.15) is 23.8 Å². The molecule has 1 aromatic carbocycles. The maximum atomic E-state index is 8.79. The summed E-state index contributed by atoms with van der Waals surface area (Å²) in [6, 6.07) is 9.24. The molecule has 0 saturated heterocycles. The number of hydrogen-bond acceptors (Lipinski definition) is 3. The van der Waals surface area contributed by atoms with E-state index in [2.05, 4.69) is 11.1 Å². The van der Waals surface area contributed by atoms with Gasteiger partial charge in [0.25, 0.3) is 0 Å². The molecule has 0 amide bonds. The number of nitriles is 1. The van der Waals surface area contributed by atoms with Crippen molar-refractivity contribution in [2.24, 2.45) is 0 Å². The normalized spacial score (nSPS) is 12.1. The fourth-order valence-electron chi connectivity index (χ4n) is 1.35. The largest absolute Gasteiger partial charge is 0.439 e. The van der Waals surface area contributed by atoms with Crippen molar-refractivity contribution in [3.63, 3.8) is 0 Å². The van der Waals surface area contributed by atoms with Crippen LogP contribution >= 0.6 is 11.6 Å². The lowest BCUT2D eigenvalue weighted by Crippen LogP contribution is -1.81. The molecule has 1 heterocycles. The van der Waals surface area contributed by atoms with Crippen LogP contribution in [0, 0.1) is 11.3 Å². The Bertz CT molecular complexity index is 540. The Labute approximate surface area is 98.3 Å². The zero-order chi connectivity index (χ0) is 11.5. The van der Waals surface area contributed by atoms with Crippen molar-refractivity contribution in [1.82, 2.24) is 4.98 Å². The third kappa shape index (κ3) is 2.07. The number of aromatic nitrogens is 1. The predicted octanol–water partition coefficient (Wildman–Crippen LogP) is 3.51. The van der Waals surface area contributed by atoms with Gasteiger partial charge in [-0.2, -0.15) is 5.26 Å². The quantitative estimate of drug-likeness (QED) is 0.745. The Morgan fingerprint density at radius 3 is 2.94 bits per heavy atom. The average Bonchev–Trinajstić information content (AvgIpc) is 2.78. The lowest BCUT2D eigenvalue weighted by molar-refractivity contribution is 0.508. The van der Waals surface area contributed by atoms with Crippen molar-refractivity contribution in [2.75, 3.05) is 0 Å². The van der Waals surface area contributed by atoms with E-state index in [9.17, 15) is 0 Å². The van der Waals surface area contributed by atoms with Crippen LogP contribution in [0.4, 0.5) is 0 Å². The Morgan fingerprint density at radius 1 is 1.50 bits per heavy atom. The molecule has 0 N–H and O–H groups in total. The summed E-state index contributed by atoms with van der Waals surface area (Å²) < 4.78 is 5.48. The van der Waals surface area contributed by atoms with E-state index in [0.717, 1.165) is 5.56 Å². The molecule has 0 aliphatic rings. The molecule has 80 valence electrons. The minimum Gasteiger partial charge on any atom is -0.439 e. The Kier molecular flexibility index (Phi) is 2.93. The van der Waals surface area contributed by atoms with Crippen molar-refractivity contribution in [1.29, 1.82) is 5.26 Å². The van der Waals surface area contributed by atoms with Gasteiger partial charge in [-0.3, -0.25) is 0 Å². The lowest BCUT2D eigenvalue weighted by Gasteiger charge is -1.97. The first-order valence-electron chi connectivity index (χ1n) is 4.81. The van der Waals surface area contributed by atoms with Crippen LogP contribution in [0.25, 0.3) is 11.3 Å². The maximum Gasteiger partial charge on any atom is 0.212 e. The molecule has 0 spiro atoms. The fraction of sp³-hybridized carbons (Fsp3) is 0.167. The van der Waals surface area contributed by atoms with Gasteiger partial charge in [-0.15, -0.1) is 11.6 Å². The minimum absolute atomic E-state index is 0.257. The molecule has 1 atom stereocenters. The molecular weight excluding hydrogens is 224 g/mol. The smallest absolute Gasteiger partial charge is 0.212 e. The second kappa shape index (κ2) is 4.38. The summed E-state index contributed by atoms with van der Waals surface area (Å²) >= 11 is 5.85. The van der Waals surface area contributed by atoms with E-state index in [0.29, 0.717) is 17.2 Å². The van der Waals surface area contributed by atoms with Crippen molar-refractivity contribution >= 4 is 11.6 Å². The zero-order valence-corrected chi connectivity index (χ0v) is 9.40. The van der Waals surface area contributed by atoms with Crippen LogP contribution < -0.4 is 0 Å². The van der Waals surface area contributed by atoms with E-state index in [1.807, 2.05) is 6.07 Å². The Hall–Kier alpha value is -1.79. The first kappa shape index (κ1) is 10.7. The van der Waals surface area contributed by atoms with Crippen LogP contribution in [0.5, 0.6) is 0 Å². The molecule has 0 bridgehead atoms. The summed E-state index contributed by atoms with van der Waals surface area (Å²) in [7, 11) is 0. The van der Waals surface area contributed by atoms with E-state index < -0.39 is 0 Å². The number of alkyl halides is 1. The van der Waals surface area contributed by atoms with Crippen molar-refractivity contribution in [3.05, 3.63) is 41.9 Å². The molecule has 2 rings (SSSR count). The molecule has 3 nitrogen and oxygen atoms in total. The van der Waals surface area contributed by atoms with Crippen LogP contribution in [0.15, 0.2) is 34.9 Å². The standard InChI is InChI=1S/C12H9ClN2O/c1-8(13)12-15-7-11(16-12)10-4-2-3-9(5-10)6-14/h2-5,7-8H,1H3. The average molecular weight is 233 g/mol. The summed E-state index contributed by atoms with van der Waals surface area (Å²) in [5.41, 5.74) is 1.42. The zero-order valence-electron chi connectivity index (χ0n) is 8.64. The molecule has 4 heteroatoms. The van der Waals surface area contributed by atoms with E-state index in [1.54, 1.807) is 31.3 Å². The number of nitrogens with zero attached hydrogens (tertiary/aromatic N) is 2. The highest BCUT2D eigenvalue weighted by Crippen LogP contribution is 2.25. The topological polar surface area (TPSA) is 49.8 Å². The number of oxazole rings is 1. The first-order valence-corrected chi connectivity index (χ1v) is 5.24. The number of hydrogen-bond donors (Lipinski definition) is 0. The molecular formula is C12H9ClN2O. The minimum atomic E-state index is -0.257. The highest BCUT2D eigenvalue weighted by Gasteiger charge is 2.10. The van der Waals surface area contributed by atoms with Gasteiger partial charge in [0.05, 0.1) is 17.8 Å². The van der Waals surface area contributed by atoms with Gasteiger partial charge in [0, 0.05) is 5.56 Å². The molecule has 1 aromatic heterocycles. The Balaban J connectivity index is 2.39. The summed E-state index contributed by atoms with van der Waals surface area (Å²) in [4.78, 5) is 4.07. The van der Waals surface area contributed by atoms with E-state index in [4.69, 9.17) is 21.3 Å². The molecule has 1 unspecified atom stereocenters. The molecule has 0 aliphatic carbocycles. The van der Waals surface area contributed by atoms with Crippen molar-refractivity contribution in [2.45, 2.75) is 12.3 Å². The second-order valence-corrected chi connectivity index (χ2v) is 4.03. The monoisotopic (exact) mass is 232 g/mol. The SMILES string of the molecule is CC(Cl)c1ncc(-c2cccc(C#N)c2)o1. The first-order chi connectivity index (χ1) is 7.70. The van der Waals surface area contributed by atoms with Gasteiger partial charge in [0.15, 0.2) is 5.76 Å². The van der Waals surface area contributed by atoms with Crippen molar-refractivity contribution < 1.29 is 4.42 Å². The number of halogens is 1. The van der Waals surface area contributed by atoms with E-state index in [1.165, 1.54) is 0 Å². The highest BCUT2D eigenvalue weighted by atomic mass is 35.5. The van der Waals surface area contributed by atoms with Gasteiger partial charge >= 0.3 is 0 Å². The molecule has 2 aromatic rings. The van der Waals surface area contributed by atoms with Gasteiger partial charge in [0.2, 0.25) is 5.89 Å². The summed E-state index contributed by atoms with van der Waals surface area (Å²) in [6.07, 6.45) is 1.62. The predicted molar refractivity (Wildman–Crippen MR) is 60.9 cm³/mol. The summed E-state index contributed by atoms with van der Waals surface area (Å²) in [6.45, 7) is 1.79. The molecule has 0 radical (unpaired) electrons. The van der Waals surface area contributed by atoms with Crippen LogP contribution in [0.2, 0.25) is 0 Å². The Morgan fingerprint density at radius 2 is 2.31 bits per heavy atom. The van der Waals surface area contributed by atoms with Gasteiger partial charge in [-0.05, 0) is 19.1 Å². The van der Waals surface area contributed by atoms with Gasteiger partial charge in [0.1, 0.15) is 5.38 Å². The van der Waals surface area contributed by atoms with Crippen molar-refractivity contribution in [3.8, 4) is 17.4 Å². The van der Waals surface area contributed by atoms with Gasteiger partial charge in [-0.1, -0.05) is 12.1 Å². The third-order valence-corrected chi connectivity index (χ3v) is 2.33. The van der Waals surface area contributed by atoms with Gasteiger partial charge in [-0.25, -0.2) is 4.98 Å². The van der Waals surface area contributed by atoms with E-state index in [-0.39, 0.29) is 5.38 Å². The number of benzene rings is 1. The molecule has 0 fully saturated rings. The van der Waals surface area contributed by atoms with Gasteiger partial charge < -0.3 is 4.42 Å². The lowest BCUT2D eigenvalue weighted by atomic mass is 10.1. The maximum absolute atomic E-state index is 8.79. The van der Waals surface area contributed by atoms with Crippen LogP contribution in [-0.4, -0.2) is 4.98 Å². The van der Waals surface area contributed by atoms with E-state index >= 15 is 0 Å². The summed E-state index contributed by atoms with van der Waals surface area (Å²) in [5.74, 6) is 1.11. The highest BCUT2D eigenvalue weighted by molar-refractivity contribution is 6.20. The van der Waals surface area contributed by atoms with Crippen LogP contribution in [-0.2, 0) is 0 Å². The molecule has 0 aliphatic heterocycles. The molecule has 16 heavy (non-hydrogen) atoms. The molecule has 0 saturated carbocycles. The third-order valence-electron chi connectivity index (χ3n) is 2.14.